The largest absolute Gasteiger partial charge is 0.489 e. The van der Waals surface area contributed by atoms with Crippen LogP contribution in [0.3, 0.4) is 0 Å². The third-order valence-electron chi connectivity index (χ3n) is 5.41. The monoisotopic (exact) mass is 397 g/mol. The summed E-state index contributed by atoms with van der Waals surface area (Å²) in [5.41, 5.74) is 6.15. The summed E-state index contributed by atoms with van der Waals surface area (Å²) in [7, 11) is 1.64. The fourth-order valence-corrected chi connectivity index (χ4v) is 3.62. The van der Waals surface area contributed by atoms with Crippen molar-refractivity contribution in [2.75, 3.05) is 31.6 Å². The normalized spacial score (nSPS) is 21.1. The van der Waals surface area contributed by atoms with Gasteiger partial charge >= 0.3 is 0 Å². The number of carbonyl (C=O) groups excluding carboxylic acids is 2. The van der Waals surface area contributed by atoms with Gasteiger partial charge in [-0.1, -0.05) is 0 Å². The number of halogens is 1. The number of likely N-dealkylation sites (tertiary alicyclic amines) is 1. The Morgan fingerprint density at radius 3 is 2.52 bits per heavy atom. The van der Waals surface area contributed by atoms with E-state index in [0.29, 0.717) is 30.1 Å². The molecular formula is C19H28ClN3O4. The van der Waals surface area contributed by atoms with Crippen molar-refractivity contribution in [3.8, 4) is 5.75 Å². The minimum atomic E-state index is -0.724. The highest BCUT2D eigenvalue weighted by Gasteiger charge is 2.33. The minimum absolute atomic E-state index is 0. The number of aliphatic hydroxyl groups is 1. The van der Waals surface area contributed by atoms with Crippen molar-refractivity contribution in [2.45, 2.75) is 38.3 Å². The topological polar surface area (TPSA) is 96.1 Å². The van der Waals surface area contributed by atoms with Gasteiger partial charge in [0.05, 0.1) is 11.3 Å². The molecule has 0 saturated carbocycles. The third-order valence-corrected chi connectivity index (χ3v) is 5.41. The maximum atomic E-state index is 12.9. The number of likely N-dealkylation sites (N-methyl/N-ethyl adjacent to an activating group) is 1. The molecule has 8 heteroatoms. The Labute approximate surface area is 165 Å². The molecule has 0 aromatic heterocycles. The highest BCUT2D eigenvalue weighted by molar-refractivity contribution is 6.01. The van der Waals surface area contributed by atoms with Gasteiger partial charge in [-0.05, 0) is 50.8 Å². The average molecular weight is 398 g/mol. The second-order valence-corrected chi connectivity index (χ2v) is 7.72. The van der Waals surface area contributed by atoms with Gasteiger partial charge in [0.15, 0.2) is 0 Å². The van der Waals surface area contributed by atoms with Crippen molar-refractivity contribution in [2.24, 2.45) is 11.7 Å². The van der Waals surface area contributed by atoms with Crippen LogP contribution in [0.1, 0.15) is 37.0 Å². The van der Waals surface area contributed by atoms with Gasteiger partial charge < -0.3 is 25.4 Å². The number of piperidine rings is 1. The number of fused-ring (bicyclic) bond motifs is 1. The molecule has 0 unspecified atom stereocenters. The van der Waals surface area contributed by atoms with E-state index in [9.17, 15) is 14.7 Å². The van der Waals surface area contributed by atoms with Crippen LogP contribution in [-0.4, -0.2) is 60.2 Å². The van der Waals surface area contributed by atoms with Crippen molar-refractivity contribution in [1.29, 1.82) is 0 Å². The summed E-state index contributed by atoms with van der Waals surface area (Å²) in [6, 6.07) is 4.41. The number of benzene rings is 1. The van der Waals surface area contributed by atoms with E-state index in [4.69, 9.17) is 10.5 Å². The molecule has 3 N–H and O–H groups in total. The van der Waals surface area contributed by atoms with E-state index in [1.54, 1.807) is 30.1 Å². The summed E-state index contributed by atoms with van der Waals surface area (Å²) >= 11 is 0. The van der Waals surface area contributed by atoms with Crippen LogP contribution in [0.15, 0.2) is 18.2 Å². The molecule has 1 saturated heterocycles. The Hall–Kier alpha value is -1.83. The molecule has 3 rings (SSSR count). The first-order valence-electron chi connectivity index (χ1n) is 9.00. The Bertz CT molecular complexity index is 711. The smallest absolute Gasteiger partial charge is 0.253 e. The summed E-state index contributed by atoms with van der Waals surface area (Å²) in [4.78, 5) is 28.3. The van der Waals surface area contributed by atoms with Crippen LogP contribution in [0.5, 0.6) is 5.75 Å². The molecule has 2 aliphatic rings. The van der Waals surface area contributed by atoms with E-state index in [0.717, 1.165) is 12.8 Å². The van der Waals surface area contributed by atoms with Crippen LogP contribution in [0, 0.1) is 5.92 Å². The Kier molecular flexibility index (Phi) is 6.39. The maximum absolute atomic E-state index is 12.9. The minimum Gasteiger partial charge on any atom is -0.489 e. The van der Waals surface area contributed by atoms with Gasteiger partial charge in [0.2, 0.25) is 5.91 Å². The van der Waals surface area contributed by atoms with Crippen LogP contribution in [0.2, 0.25) is 0 Å². The second kappa shape index (κ2) is 8.04. The van der Waals surface area contributed by atoms with Crippen molar-refractivity contribution < 1.29 is 19.4 Å². The highest BCUT2D eigenvalue weighted by atomic mass is 35.5. The van der Waals surface area contributed by atoms with Crippen molar-refractivity contribution in [3.05, 3.63) is 23.8 Å². The predicted octanol–water partition coefficient (Wildman–Crippen LogP) is 1.41. The molecule has 2 aliphatic heterocycles. The quantitative estimate of drug-likeness (QED) is 0.786. The summed E-state index contributed by atoms with van der Waals surface area (Å²) in [6.45, 7) is 4.98. The fourth-order valence-electron chi connectivity index (χ4n) is 3.62. The van der Waals surface area contributed by atoms with Crippen LogP contribution in [0.25, 0.3) is 0 Å². The lowest BCUT2D eigenvalue weighted by Gasteiger charge is -2.37. The zero-order valence-corrected chi connectivity index (χ0v) is 16.8. The van der Waals surface area contributed by atoms with Crippen molar-refractivity contribution in [3.63, 3.8) is 0 Å². The van der Waals surface area contributed by atoms with E-state index in [2.05, 4.69) is 0 Å². The Morgan fingerprint density at radius 2 is 1.93 bits per heavy atom. The first-order valence-corrected chi connectivity index (χ1v) is 9.00. The molecule has 1 aromatic carbocycles. The van der Waals surface area contributed by atoms with Gasteiger partial charge in [-0.25, -0.2) is 0 Å². The standard InChI is InChI=1S/C19H27N3O4.ClH/c1-19(2,25)13-6-8-22(9-7-13)17(23)12-4-5-16-15(10-12)21(3)18(24)14(20)11-26-16;/h4-5,10,13-14,25H,6-9,11,20H2,1-3H3;1H/t14-;/m0./s1. The van der Waals surface area contributed by atoms with Crippen LogP contribution < -0.4 is 15.4 Å². The number of carbonyl (C=O) groups is 2. The zero-order valence-electron chi connectivity index (χ0n) is 16.0. The van der Waals surface area contributed by atoms with Gasteiger partial charge in [0, 0.05) is 25.7 Å². The lowest BCUT2D eigenvalue weighted by molar-refractivity contribution is -0.119. The number of rotatable bonds is 2. The van der Waals surface area contributed by atoms with Crippen LogP contribution in [-0.2, 0) is 4.79 Å². The molecule has 7 nitrogen and oxygen atoms in total. The lowest BCUT2D eigenvalue weighted by atomic mass is 9.83. The molecule has 1 atom stereocenters. The number of anilines is 1. The van der Waals surface area contributed by atoms with E-state index in [-0.39, 0.29) is 36.7 Å². The summed E-state index contributed by atoms with van der Waals surface area (Å²) in [5, 5.41) is 10.2. The number of hydrogen-bond donors (Lipinski definition) is 2. The summed E-state index contributed by atoms with van der Waals surface area (Å²) < 4.78 is 5.59. The van der Waals surface area contributed by atoms with E-state index >= 15 is 0 Å². The third kappa shape index (κ3) is 4.36. The van der Waals surface area contributed by atoms with Gasteiger partial charge in [-0.3, -0.25) is 9.59 Å². The number of nitrogens with two attached hydrogens (primary N) is 1. The van der Waals surface area contributed by atoms with Gasteiger partial charge in [-0.2, -0.15) is 0 Å². The second-order valence-electron chi connectivity index (χ2n) is 7.72. The Balaban J connectivity index is 0.00000261. The molecule has 0 bridgehead atoms. The molecule has 1 fully saturated rings. The molecule has 1 aromatic rings. The number of hydrogen-bond acceptors (Lipinski definition) is 5. The molecule has 27 heavy (non-hydrogen) atoms. The number of amides is 2. The molecule has 2 heterocycles. The van der Waals surface area contributed by atoms with Crippen LogP contribution in [0.4, 0.5) is 5.69 Å². The highest BCUT2D eigenvalue weighted by Crippen LogP contribution is 2.33. The summed E-state index contributed by atoms with van der Waals surface area (Å²) in [5.74, 6) is 0.430. The molecule has 0 radical (unpaired) electrons. The SMILES string of the molecule is CN1C(=O)[C@@H](N)COc2ccc(C(=O)N3CCC(C(C)(C)O)CC3)cc21.Cl. The number of ether oxygens (including phenoxy) is 1. The summed E-state index contributed by atoms with van der Waals surface area (Å²) in [6.07, 6.45) is 1.55. The van der Waals surface area contributed by atoms with Gasteiger partial charge in [0.25, 0.3) is 5.91 Å². The van der Waals surface area contributed by atoms with Gasteiger partial charge in [-0.15, -0.1) is 12.4 Å². The first kappa shape index (κ1) is 21.5. The number of nitrogens with zero attached hydrogens (tertiary/aromatic N) is 2. The van der Waals surface area contributed by atoms with Gasteiger partial charge in [0.1, 0.15) is 18.4 Å². The molecule has 0 aliphatic carbocycles. The van der Waals surface area contributed by atoms with Crippen molar-refractivity contribution in [1.82, 2.24) is 4.90 Å². The van der Waals surface area contributed by atoms with Crippen molar-refractivity contribution >= 4 is 29.9 Å². The fraction of sp³-hybridized carbons (Fsp3) is 0.579. The van der Waals surface area contributed by atoms with E-state index in [1.165, 1.54) is 4.90 Å². The van der Waals surface area contributed by atoms with E-state index in [1.807, 2.05) is 13.8 Å². The molecular weight excluding hydrogens is 370 g/mol. The molecule has 0 spiro atoms. The van der Waals surface area contributed by atoms with E-state index < -0.39 is 11.6 Å². The average Bonchev–Trinajstić information content (AvgIpc) is 2.72. The Morgan fingerprint density at radius 1 is 1.30 bits per heavy atom. The zero-order chi connectivity index (χ0) is 19.1. The lowest BCUT2D eigenvalue weighted by Crippen LogP contribution is -2.44. The molecule has 2 amide bonds. The predicted molar refractivity (Wildman–Crippen MR) is 105 cm³/mol. The maximum Gasteiger partial charge on any atom is 0.253 e. The van der Waals surface area contributed by atoms with Crippen LogP contribution >= 0.6 is 12.4 Å². The molecule has 150 valence electrons. The first-order chi connectivity index (χ1) is 12.2.